The highest BCUT2D eigenvalue weighted by Crippen LogP contribution is 2.33. The Bertz CT molecular complexity index is 445. The molecule has 2 saturated heterocycles. The number of hydrogen-bond donors (Lipinski definition) is 1. The topological polar surface area (TPSA) is 32.5 Å². The molecule has 3 atom stereocenters. The summed E-state index contributed by atoms with van der Waals surface area (Å²) in [5.74, 6) is 0. The molecule has 0 saturated carbocycles. The molecule has 20 heavy (non-hydrogen) atoms. The lowest BCUT2D eigenvalue weighted by Gasteiger charge is -2.50. The largest absolute Gasteiger partial charge is 0.329 e. The molecule has 3 unspecified atom stereocenters. The zero-order valence-electron chi connectivity index (χ0n) is 12.7. The highest BCUT2D eigenvalue weighted by atomic mass is 32.1. The second-order valence-electron chi connectivity index (χ2n) is 6.41. The summed E-state index contributed by atoms with van der Waals surface area (Å²) in [6.45, 7) is 9.03. The first-order chi connectivity index (χ1) is 9.70. The van der Waals surface area contributed by atoms with Crippen LogP contribution in [0.15, 0.2) is 11.4 Å². The predicted molar refractivity (Wildman–Crippen MR) is 86.2 cm³/mol. The van der Waals surface area contributed by atoms with Crippen molar-refractivity contribution in [1.29, 1.82) is 0 Å². The van der Waals surface area contributed by atoms with Gasteiger partial charge in [-0.25, -0.2) is 0 Å². The molecule has 0 radical (unpaired) electrons. The van der Waals surface area contributed by atoms with Crippen molar-refractivity contribution >= 4 is 11.3 Å². The molecule has 4 heteroatoms. The quantitative estimate of drug-likeness (QED) is 0.930. The summed E-state index contributed by atoms with van der Waals surface area (Å²) < 4.78 is 0. The summed E-state index contributed by atoms with van der Waals surface area (Å²) in [4.78, 5) is 6.86. The average Bonchev–Trinajstić information content (AvgIpc) is 2.87. The van der Waals surface area contributed by atoms with Crippen LogP contribution in [0, 0.1) is 6.92 Å². The fraction of sp³-hybridized carbons (Fsp3) is 0.750. The molecule has 1 aromatic heterocycles. The van der Waals surface area contributed by atoms with Gasteiger partial charge < -0.3 is 5.73 Å². The summed E-state index contributed by atoms with van der Waals surface area (Å²) in [7, 11) is 0. The van der Waals surface area contributed by atoms with E-state index in [1.54, 1.807) is 0 Å². The Labute approximate surface area is 126 Å². The normalized spacial score (nSPS) is 30.1. The highest BCUT2D eigenvalue weighted by Gasteiger charge is 2.36. The fourth-order valence-electron chi connectivity index (χ4n) is 3.93. The van der Waals surface area contributed by atoms with Gasteiger partial charge in [0.25, 0.3) is 0 Å². The van der Waals surface area contributed by atoms with Crippen molar-refractivity contribution in [3.63, 3.8) is 0 Å². The van der Waals surface area contributed by atoms with Gasteiger partial charge in [-0.05, 0) is 50.2 Å². The van der Waals surface area contributed by atoms with Crippen molar-refractivity contribution in [1.82, 2.24) is 9.80 Å². The van der Waals surface area contributed by atoms with Crippen LogP contribution < -0.4 is 5.73 Å². The molecule has 3 nitrogen and oxygen atoms in total. The molecular weight excluding hydrogens is 266 g/mol. The Balaban J connectivity index is 1.79. The lowest BCUT2D eigenvalue weighted by Crippen LogP contribution is -2.59. The second kappa shape index (κ2) is 6.14. The molecule has 0 bridgehead atoms. The van der Waals surface area contributed by atoms with Crippen molar-refractivity contribution in [3.8, 4) is 0 Å². The fourth-order valence-corrected chi connectivity index (χ4v) is 4.99. The van der Waals surface area contributed by atoms with Gasteiger partial charge >= 0.3 is 0 Å². The molecule has 2 N–H and O–H groups in total. The number of fused-ring (bicyclic) bond motifs is 1. The van der Waals surface area contributed by atoms with E-state index in [0.717, 1.165) is 12.6 Å². The van der Waals surface area contributed by atoms with Gasteiger partial charge in [0.15, 0.2) is 0 Å². The predicted octanol–water partition coefficient (Wildman–Crippen LogP) is 2.61. The molecule has 0 aromatic carbocycles. The molecule has 2 fully saturated rings. The Morgan fingerprint density at radius 1 is 1.40 bits per heavy atom. The Morgan fingerprint density at radius 2 is 2.25 bits per heavy atom. The zero-order chi connectivity index (χ0) is 14.1. The molecule has 0 spiro atoms. The van der Waals surface area contributed by atoms with E-state index in [9.17, 15) is 0 Å². The SMILES string of the molecule is Cc1ccsc1C(CN)N1CC2CCCCN2CC1C. The number of piperazine rings is 1. The third-order valence-electron chi connectivity index (χ3n) is 5.06. The van der Waals surface area contributed by atoms with Crippen LogP contribution in [0.3, 0.4) is 0 Å². The number of thiophene rings is 1. The maximum atomic E-state index is 6.15. The Morgan fingerprint density at radius 3 is 2.95 bits per heavy atom. The van der Waals surface area contributed by atoms with E-state index in [0.29, 0.717) is 12.1 Å². The lowest BCUT2D eigenvalue weighted by atomic mass is 9.95. The van der Waals surface area contributed by atoms with Crippen LogP contribution in [0.2, 0.25) is 0 Å². The monoisotopic (exact) mass is 293 g/mol. The molecule has 0 amide bonds. The van der Waals surface area contributed by atoms with Crippen LogP contribution in [0.5, 0.6) is 0 Å². The van der Waals surface area contributed by atoms with E-state index in [2.05, 4.69) is 35.1 Å². The zero-order valence-corrected chi connectivity index (χ0v) is 13.5. The van der Waals surface area contributed by atoms with Gasteiger partial charge in [0, 0.05) is 36.6 Å². The first-order valence-electron chi connectivity index (χ1n) is 7.94. The van der Waals surface area contributed by atoms with Crippen molar-refractivity contribution in [3.05, 3.63) is 21.9 Å². The summed E-state index contributed by atoms with van der Waals surface area (Å²) in [6, 6.07) is 4.01. The number of piperidine rings is 1. The minimum atomic E-state index is 0.411. The number of aryl methyl sites for hydroxylation is 1. The van der Waals surface area contributed by atoms with Crippen molar-refractivity contribution in [2.24, 2.45) is 5.73 Å². The maximum Gasteiger partial charge on any atom is 0.0570 e. The molecule has 2 aliphatic heterocycles. The van der Waals surface area contributed by atoms with Crippen molar-refractivity contribution in [2.45, 2.75) is 51.2 Å². The first-order valence-corrected chi connectivity index (χ1v) is 8.82. The van der Waals surface area contributed by atoms with Gasteiger partial charge in [0.05, 0.1) is 6.04 Å². The Hall–Kier alpha value is -0.420. The van der Waals surface area contributed by atoms with Crippen molar-refractivity contribution in [2.75, 3.05) is 26.2 Å². The van der Waals surface area contributed by atoms with Crippen LogP contribution in [0.4, 0.5) is 0 Å². The van der Waals surface area contributed by atoms with E-state index < -0.39 is 0 Å². The maximum absolute atomic E-state index is 6.15. The molecular formula is C16H27N3S. The molecule has 3 rings (SSSR count). The standard InChI is InChI=1S/C16H27N3S/c1-12-6-8-20-16(12)15(9-17)19-11-14-5-3-4-7-18(14)10-13(19)2/h6,8,13-15H,3-5,7,9-11,17H2,1-2H3. The van der Waals surface area contributed by atoms with Crippen LogP contribution >= 0.6 is 11.3 Å². The molecule has 3 heterocycles. The molecule has 1 aromatic rings. The van der Waals surface area contributed by atoms with Gasteiger partial charge in [0.2, 0.25) is 0 Å². The van der Waals surface area contributed by atoms with E-state index in [1.807, 2.05) is 11.3 Å². The summed E-state index contributed by atoms with van der Waals surface area (Å²) in [5.41, 5.74) is 7.55. The summed E-state index contributed by atoms with van der Waals surface area (Å²) in [5, 5.41) is 2.20. The lowest BCUT2D eigenvalue weighted by molar-refractivity contribution is -0.00603. The number of nitrogens with two attached hydrogens (primary N) is 1. The van der Waals surface area contributed by atoms with Gasteiger partial charge in [-0.2, -0.15) is 0 Å². The van der Waals surface area contributed by atoms with Gasteiger partial charge in [-0.3, -0.25) is 9.80 Å². The van der Waals surface area contributed by atoms with Gasteiger partial charge in [-0.1, -0.05) is 6.42 Å². The van der Waals surface area contributed by atoms with Gasteiger partial charge in [0.1, 0.15) is 0 Å². The Kier molecular flexibility index (Phi) is 4.46. The number of nitrogens with zero attached hydrogens (tertiary/aromatic N) is 2. The third kappa shape index (κ3) is 2.67. The minimum Gasteiger partial charge on any atom is -0.329 e. The van der Waals surface area contributed by atoms with Crippen LogP contribution in [0.1, 0.15) is 42.7 Å². The minimum absolute atomic E-state index is 0.411. The average molecular weight is 293 g/mol. The summed E-state index contributed by atoms with van der Waals surface area (Å²) >= 11 is 1.87. The number of hydrogen-bond acceptors (Lipinski definition) is 4. The van der Waals surface area contributed by atoms with E-state index in [-0.39, 0.29) is 0 Å². The molecule has 2 aliphatic rings. The summed E-state index contributed by atoms with van der Waals surface area (Å²) in [6.07, 6.45) is 4.15. The van der Waals surface area contributed by atoms with Crippen LogP contribution in [-0.2, 0) is 0 Å². The van der Waals surface area contributed by atoms with Crippen LogP contribution in [-0.4, -0.2) is 48.1 Å². The van der Waals surface area contributed by atoms with Crippen LogP contribution in [0.25, 0.3) is 0 Å². The molecule has 112 valence electrons. The second-order valence-corrected chi connectivity index (χ2v) is 7.36. The highest BCUT2D eigenvalue weighted by molar-refractivity contribution is 7.10. The third-order valence-corrected chi connectivity index (χ3v) is 6.18. The number of rotatable bonds is 3. The van der Waals surface area contributed by atoms with E-state index in [1.165, 1.54) is 49.3 Å². The van der Waals surface area contributed by atoms with E-state index in [4.69, 9.17) is 5.73 Å². The van der Waals surface area contributed by atoms with E-state index >= 15 is 0 Å². The van der Waals surface area contributed by atoms with Crippen molar-refractivity contribution < 1.29 is 0 Å². The smallest absolute Gasteiger partial charge is 0.0570 e. The first kappa shape index (κ1) is 14.5. The molecule has 0 aliphatic carbocycles. The van der Waals surface area contributed by atoms with Gasteiger partial charge in [-0.15, -0.1) is 11.3 Å².